The van der Waals surface area contributed by atoms with Crippen LogP contribution in [0.1, 0.15) is 32.3 Å². The lowest BCUT2D eigenvalue weighted by Gasteiger charge is -2.15. The molecule has 1 unspecified atom stereocenters. The summed E-state index contributed by atoms with van der Waals surface area (Å²) < 4.78 is 18.6. The van der Waals surface area contributed by atoms with Gasteiger partial charge in [0.2, 0.25) is 0 Å². The molecular weight excluding hydrogens is 249 g/mol. The van der Waals surface area contributed by atoms with Crippen LogP contribution in [-0.4, -0.2) is 23.7 Å². The molecule has 1 rings (SSSR count). The number of benzene rings is 1. The van der Waals surface area contributed by atoms with E-state index in [9.17, 15) is 9.18 Å². The summed E-state index contributed by atoms with van der Waals surface area (Å²) in [6, 6.07) is 3.92. The highest BCUT2D eigenvalue weighted by atomic mass is 19.1. The lowest BCUT2D eigenvalue weighted by Crippen LogP contribution is -2.36. The third-order valence-electron chi connectivity index (χ3n) is 2.63. The maximum atomic E-state index is 13.2. The van der Waals surface area contributed by atoms with Gasteiger partial charge in [0.25, 0.3) is 5.91 Å². The van der Waals surface area contributed by atoms with Gasteiger partial charge in [0.1, 0.15) is 11.6 Å². The molecule has 1 aromatic carbocycles. The van der Waals surface area contributed by atoms with Gasteiger partial charge in [-0.25, -0.2) is 4.39 Å². The fourth-order valence-corrected chi connectivity index (χ4v) is 1.57. The second-order valence-electron chi connectivity index (χ2n) is 4.36. The third kappa shape index (κ3) is 5.26. The van der Waals surface area contributed by atoms with E-state index in [1.807, 2.05) is 6.92 Å². The molecule has 0 heterocycles. The van der Waals surface area contributed by atoms with E-state index >= 15 is 0 Å². The highest BCUT2D eigenvalue weighted by Gasteiger charge is 2.14. The second-order valence-corrected chi connectivity index (χ2v) is 4.36. The van der Waals surface area contributed by atoms with Gasteiger partial charge in [-0.3, -0.25) is 4.79 Å². The molecule has 0 aromatic heterocycles. The third-order valence-corrected chi connectivity index (χ3v) is 2.63. The lowest BCUT2D eigenvalue weighted by molar-refractivity contribution is -0.127. The predicted octanol–water partition coefficient (Wildman–Crippen LogP) is 2.00. The van der Waals surface area contributed by atoms with E-state index in [0.29, 0.717) is 12.1 Å². The van der Waals surface area contributed by atoms with Gasteiger partial charge in [0.05, 0.1) is 6.61 Å². The van der Waals surface area contributed by atoms with Crippen molar-refractivity contribution in [2.75, 3.05) is 6.54 Å². The highest BCUT2D eigenvalue weighted by Crippen LogP contribution is 2.17. The van der Waals surface area contributed by atoms with Gasteiger partial charge in [-0.1, -0.05) is 13.3 Å². The number of rotatable bonds is 7. The monoisotopic (exact) mass is 269 g/mol. The SMILES string of the molecule is CCCCNC(=O)C(C)Oc1cc(F)cc(CO)c1. The molecule has 0 aliphatic rings. The average Bonchev–Trinajstić information content (AvgIpc) is 2.38. The Morgan fingerprint density at radius 2 is 2.21 bits per heavy atom. The van der Waals surface area contributed by atoms with Crippen molar-refractivity contribution in [3.05, 3.63) is 29.6 Å². The van der Waals surface area contributed by atoms with Crippen molar-refractivity contribution < 1.29 is 19.0 Å². The molecule has 0 saturated heterocycles. The summed E-state index contributed by atoms with van der Waals surface area (Å²) >= 11 is 0. The van der Waals surface area contributed by atoms with Gasteiger partial charge >= 0.3 is 0 Å². The summed E-state index contributed by atoms with van der Waals surface area (Å²) in [7, 11) is 0. The molecule has 1 atom stereocenters. The molecule has 0 radical (unpaired) electrons. The van der Waals surface area contributed by atoms with Crippen LogP contribution in [0.3, 0.4) is 0 Å². The molecule has 4 nitrogen and oxygen atoms in total. The zero-order chi connectivity index (χ0) is 14.3. The van der Waals surface area contributed by atoms with Crippen molar-refractivity contribution in [3.8, 4) is 5.75 Å². The Hall–Kier alpha value is -1.62. The van der Waals surface area contributed by atoms with Crippen molar-refractivity contribution in [1.82, 2.24) is 5.32 Å². The first-order valence-corrected chi connectivity index (χ1v) is 6.41. The van der Waals surface area contributed by atoms with Crippen molar-refractivity contribution in [2.45, 2.75) is 39.4 Å². The highest BCUT2D eigenvalue weighted by molar-refractivity contribution is 5.80. The van der Waals surface area contributed by atoms with Crippen LogP contribution in [0, 0.1) is 5.82 Å². The zero-order valence-electron chi connectivity index (χ0n) is 11.3. The molecule has 19 heavy (non-hydrogen) atoms. The minimum Gasteiger partial charge on any atom is -0.481 e. The van der Waals surface area contributed by atoms with E-state index in [1.165, 1.54) is 18.2 Å². The standard InChI is InChI=1S/C14H20FNO3/c1-3-4-5-16-14(18)10(2)19-13-7-11(9-17)6-12(15)8-13/h6-8,10,17H,3-5,9H2,1-2H3,(H,16,18). The van der Waals surface area contributed by atoms with Crippen molar-refractivity contribution in [1.29, 1.82) is 0 Å². The summed E-state index contributed by atoms with van der Waals surface area (Å²) in [4.78, 5) is 11.7. The number of aliphatic hydroxyl groups is 1. The second kappa shape index (κ2) is 7.74. The number of amides is 1. The minimum atomic E-state index is -0.704. The molecule has 0 saturated carbocycles. The summed E-state index contributed by atoms with van der Waals surface area (Å²) in [5.74, 6) is -0.495. The van der Waals surface area contributed by atoms with Crippen molar-refractivity contribution >= 4 is 5.91 Å². The van der Waals surface area contributed by atoms with E-state index in [1.54, 1.807) is 6.92 Å². The first-order chi connectivity index (χ1) is 9.06. The summed E-state index contributed by atoms with van der Waals surface area (Å²) in [6.45, 7) is 3.97. The summed E-state index contributed by atoms with van der Waals surface area (Å²) in [6.07, 6.45) is 1.21. The number of ether oxygens (including phenoxy) is 1. The molecule has 0 spiro atoms. The van der Waals surface area contributed by atoms with E-state index < -0.39 is 11.9 Å². The van der Waals surface area contributed by atoms with E-state index in [4.69, 9.17) is 9.84 Å². The topological polar surface area (TPSA) is 58.6 Å². The largest absolute Gasteiger partial charge is 0.481 e. The van der Waals surface area contributed by atoms with Gasteiger partial charge in [-0.15, -0.1) is 0 Å². The molecule has 0 aliphatic heterocycles. The van der Waals surface area contributed by atoms with Crippen LogP contribution in [-0.2, 0) is 11.4 Å². The Morgan fingerprint density at radius 3 is 2.84 bits per heavy atom. The first kappa shape index (κ1) is 15.4. The zero-order valence-corrected chi connectivity index (χ0v) is 11.3. The minimum absolute atomic E-state index is 0.233. The van der Waals surface area contributed by atoms with Gasteiger partial charge in [-0.2, -0.15) is 0 Å². The normalized spacial score (nSPS) is 12.0. The Morgan fingerprint density at radius 1 is 1.47 bits per heavy atom. The first-order valence-electron chi connectivity index (χ1n) is 6.41. The van der Waals surface area contributed by atoms with Crippen LogP contribution in [0.4, 0.5) is 4.39 Å². The summed E-state index contributed by atoms with van der Waals surface area (Å²) in [5.41, 5.74) is 0.411. The number of aliphatic hydroxyl groups excluding tert-OH is 1. The summed E-state index contributed by atoms with van der Waals surface area (Å²) in [5, 5.41) is 11.7. The fraction of sp³-hybridized carbons (Fsp3) is 0.500. The number of unbranched alkanes of at least 4 members (excludes halogenated alkanes) is 1. The van der Waals surface area contributed by atoms with E-state index in [2.05, 4.69) is 5.32 Å². The average molecular weight is 269 g/mol. The number of carbonyl (C=O) groups is 1. The molecule has 1 amide bonds. The van der Waals surface area contributed by atoms with Gasteiger partial charge in [-0.05, 0) is 31.0 Å². The predicted molar refractivity (Wildman–Crippen MR) is 70.3 cm³/mol. The van der Waals surface area contributed by atoms with E-state index in [-0.39, 0.29) is 18.3 Å². The molecule has 0 aliphatic carbocycles. The van der Waals surface area contributed by atoms with Crippen molar-refractivity contribution in [2.24, 2.45) is 0 Å². The smallest absolute Gasteiger partial charge is 0.260 e. The molecule has 2 N–H and O–H groups in total. The maximum Gasteiger partial charge on any atom is 0.260 e. The van der Waals surface area contributed by atoms with Crippen LogP contribution in [0.15, 0.2) is 18.2 Å². The molecule has 1 aromatic rings. The quantitative estimate of drug-likeness (QED) is 0.744. The maximum absolute atomic E-state index is 13.2. The number of nitrogens with one attached hydrogen (secondary N) is 1. The molecular formula is C14H20FNO3. The number of hydrogen-bond donors (Lipinski definition) is 2. The van der Waals surface area contributed by atoms with E-state index in [0.717, 1.165) is 12.8 Å². The molecule has 5 heteroatoms. The Kier molecular flexibility index (Phi) is 6.29. The fourth-order valence-electron chi connectivity index (χ4n) is 1.57. The van der Waals surface area contributed by atoms with Crippen LogP contribution < -0.4 is 10.1 Å². The van der Waals surface area contributed by atoms with Crippen LogP contribution in [0.5, 0.6) is 5.75 Å². The number of carbonyl (C=O) groups excluding carboxylic acids is 1. The molecule has 0 bridgehead atoms. The Balaban J connectivity index is 2.58. The number of hydrogen-bond acceptors (Lipinski definition) is 3. The van der Waals surface area contributed by atoms with Crippen LogP contribution in [0.2, 0.25) is 0 Å². The van der Waals surface area contributed by atoms with Gasteiger partial charge < -0.3 is 15.2 Å². The van der Waals surface area contributed by atoms with Crippen LogP contribution in [0.25, 0.3) is 0 Å². The van der Waals surface area contributed by atoms with Gasteiger partial charge in [0.15, 0.2) is 6.10 Å². The van der Waals surface area contributed by atoms with Gasteiger partial charge in [0, 0.05) is 12.6 Å². The van der Waals surface area contributed by atoms with Crippen LogP contribution >= 0.6 is 0 Å². The molecule has 0 fully saturated rings. The Labute approximate surface area is 112 Å². The van der Waals surface area contributed by atoms with Crippen molar-refractivity contribution in [3.63, 3.8) is 0 Å². The number of halogens is 1. The molecule has 106 valence electrons. The Bertz CT molecular complexity index is 423. The lowest BCUT2D eigenvalue weighted by atomic mass is 10.2.